The van der Waals surface area contributed by atoms with Gasteiger partial charge in [-0.1, -0.05) is 6.07 Å². The quantitative estimate of drug-likeness (QED) is 0.573. The van der Waals surface area contributed by atoms with E-state index in [9.17, 15) is 0 Å². The predicted octanol–water partition coefficient (Wildman–Crippen LogP) is 3.35. The lowest BCUT2D eigenvalue weighted by atomic mass is 10.1. The van der Waals surface area contributed by atoms with E-state index in [4.69, 9.17) is 19.4 Å². The van der Waals surface area contributed by atoms with Crippen LogP contribution in [0.2, 0.25) is 0 Å². The zero-order valence-electron chi connectivity index (χ0n) is 19.3. The van der Waals surface area contributed by atoms with Crippen molar-refractivity contribution < 1.29 is 9.47 Å². The third-order valence-electron chi connectivity index (χ3n) is 7.06. The minimum atomic E-state index is 0.800. The highest BCUT2D eigenvalue weighted by atomic mass is 32.1. The first-order valence-corrected chi connectivity index (χ1v) is 12.9. The van der Waals surface area contributed by atoms with Gasteiger partial charge in [-0.3, -0.25) is 4.90 Å². The number of hydrogen-bond acceptors (Lipinski definition) is 8. The molecule has 2 aromatic heterocycles. The van der Waals surface area contributed by atoms with E-state index in [0.29, 0.717) is 0 Å². The summed E-state index contributed by atoms with van der Waals surface area (Å²) in [5.41, 5.74) is 2.74. The zero-order chi connectivity index (χ0) is 22.2. The van der Waals surface area contributed by atoms with Crippen LogP contribution in [0, 0.1) is 0 Å². The predicted molar refractivity (Wildman–Crippen MR) is 133 cm³/mol. The smallest absolute Gasteiger partial charge is 0.146 e. The third kappa shape index (κ3) is 4.16. The Morgan fingerprint density at radius 2 is 1.82 bits per heavy atom. The van der Waals surface area contributed by atoms with Crippen LogP contribution in [0.15, 0.2) is 24.3 Å². The molecule has 2 aliphatic heterocycles. The topological polar surface area (TPSA) is 54.0 Å². The van der Waals surface area contributed by atoms with Gasteiger partial charge in [0.05, 0.1) is 32.3 Å². The molecule has 174 valence electrons. The molecule has 4 heterocycles. The summed E-state index contributed by atoms with van der Waals surface area (Å²) in [6.07, 6.45) is 3.62. The zero-order valence-corrected chi connectivity index (χ0v) is 20.1. The molecule has 6 rings (SSSR count). The first-order chi connectivity index (χ1) is 16.3. The van der Waals surface area contributed by atoms with E-state index in [1.54, 1.807) is 7.11 Å². The minimum Gasteiger partial charge on any atom is -0.497 e. The second kappa shape index (κ2) is 9.08. The van der Waals surface area contributed by atoms with Crippen LogP contribution in [0.25, 0.3) is 10.2 Å². The standard InChI is InChI=1S/C25H31N5O2S/c1-31-19-5-2-4-18(16-19)29-8-10-30(11-9-29)24-23-20-6-3-7-21(20)33-25(23)27-22(26-24)17-28-12-14-32-15-13-28/h2,4-5,16H,3,6-15,17H2,1H3. The van der Waals surface area contributed by atoms with Crippen molar-refractivity contribution >= 4 is 33.1 Å². The van der Waals surface area contributed by atoms with Crippen LogP contribution in [-0.4, -0.2) is 74.5 Å². The van der Waals surface area contributed by atoms with E-state index in [0.717, 1.165) is 82.8 Å². The van der Waals surface area contributed by atoms with Gasteiger partial charge in [0.1, 0.15) is 22.2 Å². The lowest BCUT2D eigenvalue weighted by molar-refractivity contribution is 0.0331. The van der Waals surface area contributed by atoms with E-state index in [-0.39, 0.29) is 0 Å². The molecule has 0 spiro atoms. The third-order valence-corrected chi connectivity index (χ3v) is 8.24. The van der Waals surface area contributed by atoms with Crippen LogP contribution >= 0.6 is 11.3 Å². The Balaban J connectivity index is 1.28. The summed E-state index contributed by atoms with van der Waals surface area (Å²) in [6, 6.07) is 8.38. The van der Waals surface area contributed by atoms with Gasteiger partial charge in [-0.15, -0.1) is 11.3 Å². The van der Waals surface area contributed by atoms with Crippen molar-refractivity contribution in [1.82, 2.24) is 14.9 Å². The molecule has 0 saturated carbocycles. The second-order valence-corrected chi connectivity index (χ2v) is 10.1. The number of rotatable bonds is 5. The monoisotopic (exact) mass is 465 g/mol. The molecule has 0 bridgehead atoms. The summed E-state index contributed by atoms with van der Waals surface area (Å²) < 4.78 is 11.0. The van der Waals surface area contributed by atoms with Crippen molar-refractivity contribution in [2.24, 2.45) is 0 Å². The van der Waals surface area contributed by atoms with Crippen LogP contribution in [0.3, 0.4) is 0 Å². The largest absolute Gasteiger partial charge is 0.497 e. The second-order valence-electron chi connectivity index (χ2n) is 9.07. The van der Waals surface area contributed by atoms with Gasteiger partial charge in [-0.25, -0.2) is 9.97 Å². The summed E-state index contributed by atoms with van der Waals surface area (Å²) in [7, 11) is 1.73. The highest BCUT2D eigenvalue weighted by molar-refractivity contribution is 7.19. The fourth-order valence-corrected chi connectivity index (χ4v) is 6.54. The van der Waals surface area contributed by atoms with Crippen LogP contribution < -0.4 is 14.5 Å². The van der Waals surface area contributed by atoms with Crippen LogP contribution in [0.4, 0.5) is 11.5 Å². The number of piperazine rings is 1. The maximum atomic E-state index is 5.53. The fraction of sp³-hybridized carbons (Fsp3) is 0.520. The molecule has 3 aromatic rings. The number of thiophene rings is 1. The number of nitrogens with zero attached hydrogens (tertiary/aromatic N) is 5. The fourth-order valence-electron chi connectivity index (χ4n) is 5.26. The molecule has 7 nitrogen and oxygen atoms in total. The molecule has 2 fully saturated rings. The highest BCUT2D eigenvalue weighted by Crippen LogP contribution is 2.41. The molecular weight excluding hydrogens is 434 g/mol. The summed E-state index contributed by atoms with van der Waals surface area (Å²) in [6.45, 7) is 8.19. The normalized spacial score (nSPS) is 19.3. The van der Waals surface area contributed by atoms with Crippen LogP contribution in [-0.2, 0) is 24.1 Å². The number of anilines is 2. The number of morpholine rings is 1. The van der Waals surface area contributed by atoms with Crippen molar-refractivity contribution in [3.8, 4) is 5.75 Å². The number of hydrogen-bond donors (Lipinski definition) is 0. The Labute approximate surface area is 198 Å². The van der Waals surface area contributed by atoms with Gasteiger partial charge in [0.2, 0.25) is 0 Å². The SMILES string of the molecule is COc1cccc(N2CCN(c3nc(CN4CCOCC4)nc4sc5c(c34)CCC5)CC2)c1. The first-order valence-electron chi connectivity index (χ1n) is 12.0. The highest BCUT2D eigenvalue weighted by Gasteiger charge is 2.27. The van der Waals surface area contributed by atoms with Crippen molar-refractivity contribution in [1.29, 1.82) is 0 Å². The number of benzene rings is 1. The van der Waals surface area contributed by atoms with E-state index in [1.807, 2.05) is 17.4 Å². The lowest BCUT2D eigenvalue weighted by Crippen LogP contribution is -2.47. The van der Waals surface area contributed by atoms with Gasteiger partial charge >= 0.3 is 0 Å². The first kappa shape index (κ1) is 21.1. The lowest BCUT2D eigenvalue weighted by Gasteiger charge is -2.37. The van der Waals surface area contributed by atoms with Gasteiger partial charge in [0.15, 0.2) is 0 Å². The van der Waals surface area contributed by atoms with Crippen molar-refractivity contribution in [3.05, 3.63) is 40.5 Å². The van der Waals surface area contributed by atoms with Crippen molar-refractivity contribution in [2.75, 3.05) is 69.4 Å². The van der Waals surface area contributed by atoms with E-state index in [1.165, 1.54) is 39.2 Å². The summed E-state index contributed by atoms with van der Waals surface area (Å²) in [5, 5.41) is 1.33. The van der Waals surface area contributed by atoms with Gasteiger partial charge in [-0.05, 0) is 37.0 Å². The molecule has 1 aromatic carbocycles. The summed E-state index contributed by atoms with van der Waals surface area (Å²) >= 11 is 1.90. The molecule has 3 aliphatic rings. The number of ether oxygens (including phenoxy) is 2. The molecule has 0 amide bonds. The van der Waals surface area contributed by atoms with Crippen molar-refractivity contribution in [3.63, 3.8) is 0 Å². The average Bonchev–Trinajstić information content (AvgIpc) is 3.46. The Bertz CT molecular complexity index is 1140. The van der Waals surface area contributed by atoms with Gasteiger partial charge in [0.25, 0.3) is 0 Å². The Morgan fingerprint density at radius 3 is 2.64 bits per heavy atom. The molecule has 0 atom stereocenters. The molecule has 33 heavy (non-hydrogen) atoms. The molecule has 0 unspecified atom stereocenters. The van der Waals surface area contributed by atoms with E-state index >= 15 is 0 Å². The van der Waals surface area contributed by atoms with Crippen LogP contribution in [0.5, 0.6) is 5.75 Å². The Morgan fingerprint density at radius 1 is 1.00 bits per heavy atom. The Kier molecular flexibility index (Phi) is 5.82. The number of fused-ring (bicyclic) bond motifs is 3. The molecule has 0 radical (unpaired) electrons. The minimum absolute atomic E-state index is 0.800. The average molecular weight is 466 g/mol. The summed E-state index contributed by atoms with van der Waals surface area (Å²) in [5.74, 6) is 3.02. The molecule has 2 saturated heterocycles. The Hall–Kier alpha value is -2.42. The van der Waals surface area contributed by atoms with Crippen LogP contribution in [0.1, 0.15) is 22.7 Å². The number of aromatic nitrogens is 2. The number of aryl methyl sites for hydroxylation is 2. The van der Waals surface area contributed by atoms with Gasteiger partial charge in [0, 0.05) is 55.9 Å². The van der Waals surface area contributed by atoms with Gasteiger partial charge < -0.3 is 19.3 Å². The van der Waals surface area contributed by atoms with Gasteiger partial charge in [-0.2, -0.15) is 0 Å². The van der Waals surface area contributed by atoms with E-state index in [2.05, 4.69) is 32.9 Å². The number of methoxy groups -OCH3 is 1. The summed E-state index contributed by atoms with van der Waals surface area (Å²) in [4.78, 5) is 20.3. The molecule has 1 aliphatic carbocycles. The molecular formula is C25H31N5O2S. The molecule has 8 heteroatoms. The molecule has 0 N–H and O–H groups in total. The maximum Gasteiger partial charge on any atom is 0.146 e. The maximum absolute atomic E-state index is 5.53. The van der Waals surface area contributed by atoms with E-state index < -0.39 is 0 Å². The van der Waals surface area contributed by atoms with Crippen molar-refractivity contribution in [2.45, 2.75) is 25.8 Å².